The zero-order valence-corrected chi connectivity index (χ0v) is 21.4. The fourth-order valence-corrected chi connectivity index (χ4v) is 4.70. The average Bonchev–Trinajstić information content (AvgIpc) is 2.66. The summed E-state index contributed by atoms with van der Waals surface area (Å²) in [6.45, 7) is 14.7. The van der Waals surface area contributed by atoms with Gasteiger partial charge in [0.25, 0.3) is 0 Å². The van der Waals surface area contributed by atoms with E-state index in [4.69, 9.17) is 11.6 Å². The SMILES string of the molecule is CC(C)(C)c1cc(Cl)cc(CC(C)(C)c2cc(F)cc(CC(C)(C)c3cccnc3F)c2)c1. The van der Waals surface area contributed by atoms with Gasteiger partial charge in [0.15, 0.2) is 0 Å². The van der Waals surface area contributed by atoms with Crippen LogP contribution in [0.15, 0.2) is 54.7 Å². The third kappa shape index (κ3) is 6.20. The molecule has 1 nitrogen and oxygen atoms in total. The van der Waals surface area contributed by atoms with Crippen LogP contribution in [0, 0.1) is 11.8 Å². The molecule has 1 aromatic heterocycles. The normalized spacial score (nSPS) is 12.8. The largest absolute Gasteiger partial charge is 0.228 e. The Morgan fingerprint density at radius 3 is 2.00 bits per heavy atom. The second kappa shape index (κ2) is 9.18. The van der Waals surface area contributed by atoms with Gasteiger partial charge in [0, 0.05) is 16.8 Å². The molecular formula is C29H34ClF2N. The van der Waals surface area contributed by atoms with E-state index in [0.29, 0.717) is 17.0 Å². The Labute approximate surface area is 202 Å². The number of halogens is 3. The van der Waals surface area contributed by atoms with Gasteiger partial charge >= 0.3 is 0 Å². The highest BCUT2D eigenvalue weighted by molar-refractivity contribution is 6.30. The van der Waals surface area contributed by atoms with Crippen LogP contribution in [0.25, 0.3) is 0 Å². The van der Waals surface area contributed by atoms with E-state index in [1.54, 1.807) is 24.3 Å². The molecule has 176 valence electrons. The maximum Gasteiger partial charge on any atom is 0.216 e. The van der Waals surface area contributed by atoms with Crippen molar-refractivity contribution in [2.75, 3.05) is 0 Å². The van der Waals surface area contributed by atoms with Crippen LogP contribution >= 0.6 is 11.6 Å². The summed E-state index contributed by atoms with van der Waals surface area (Å²) in [4.78, 5) is 3.79. The summed E-state index contributed by atoms with van der Waals surface area (Å²) >= 11 is 6.43. The molecule has 0 radical (unpaired) electrons. The average molecular weight is 470 g/mol. The number of aromatic nitrogens is 1. The Kier molecular flexibility index (Phi) is 7.05. The Morgan fingerprint density at radius 1 is 0.758 bits per heavy atom. The molecule has 0 unspecified atom stereocenters. The Morgan fingerprint density at radius 2 is 1.36 bits per heavy atom. The van der Waals surface area contributed by atoms with Crippen molar-refractivity contribution in [2.24, 2.45) is 0 Å². The number of nitrogens with zero attached hydrogens (tertiary/aromatic N) is 1. The lowest BCUT2D eigenvalue weighted by Crippen LogP contribution is -2.24. The first-order valence-corrected chi connectivity index (χ1v) is 11.8. The highest BCUT2D eigenvalue weighted by Crippen LogP contribution is 2.35. The van der Waals surface area contributed by atoms with Gasteiger partial charge < -0.3 is 0 Å². The standard InChI is InChI=1S/C29H34ClF2N/c1-27(2,3)21-11-19(13-23(30)15-21)17-28(4,5)22-12-20(14-24(31)16-22)18-29(6,7)25-9-8-10-33-26(25)32/h8-16H,17-18H2,1-7H3. The summed E-state index contributed by atoms with van der Waals surface area (Å²) in [7, 11) is 0. The molecule has 0 aliphatic heterocycles. The van der Waals surface area contributed by atoms with Crippen molar-refractivity contribution >= 4 is 11.6 Å². The molecule has 3 rings (SSSR count). The van der Waals surface area contributed by atoms with Crippen molar-refractivity contribution < 1.29 is 8.78 Å². The number of pyridine rings is 1. The van der Waals surface area contributed by atoms with Gasteiger partial charge in [0.05, 0.1) is 0 Å². The maximum absolute atomic E-state index is 14.7. The monoisotopic (exact) mass is 469 g/mol. The lowest BCUT2D eigenvalue weighted by Gasteiger charge is -2.29. The molecule has 0 spiro atoms. The van der Waals surface area contributed by atoms with Gasteiger partial charge in [-0.1, -0.05) is 78.3 Å². The van der Waals surface area contributed by atoms with Crippen LogP contribution < -0.4 is 0 Å². The van der Waals surface area contributed by atoms with E-state index in [9.17, 15) is 8.78 Å². The molecule has 0 N–H and O–H groups in total. The van der Waals surface area contributed by atoms with Gasteiger partial charge in [-0.25, -0.2) is 9.37 Å². The van der Waals surface area contributed by atoms with Crippen molar-refractivity contribution in [1.82, 2.24) is 4.98 Å². The summed E-state index contributed by atoms with van der Waals surface area (Å²) in [6.07, 6.45) is 2.67. The third-order valence-electron chi connectivity index (χ3n) is 6.34. The van der Waals surface area contributed by atoms with E-state index in [1.807, 2.05) is 32.0 Å². The van der Waals surface area contributed by atoms with Crippen molar-refractivity contribution in [3.05, 3.63) is 99.3 Å². The van der Waals surface area contributed by atoms with Crippen LogP contribution in [0.2, 0.25) is 5.02 Å². The molecule has 1 heterocycles. The first-order valence-electron chi connectivity index (χ1n) is 11.4. The Balaban J connectivity index is 1.93. The minimum Gasteiger partial charge on any atom is -0.228 e. The Bertz CT molecular complexity index is 1140. The van der Waals surface area contributed by atoms with E-state index in [0.717, 1.165) is 23.1 Å². The van der Waals surface area contributed by atoms with E-state index in [-0.39, 0.29) is 16.6 Å². The van der Waals surface area contributed by atoms with Crippen molar-refractivity contribution in [1.29, 1.82) is 0 Å². The first-order chi connectivity index (χ1) is 15.2. The summed E-state index contributed by atoms with van der Waals surface area (Å²) in [5.74, 6) is -0.755. The fraction of sp³-hybridized carbons (Fsp3) is 0.414. The zero-order valence-electron chi connectivity index (χ0n) is 20.7. The van der Waals surface area contributed by atoms with E-state index < -0.39 is 11.4 Å². The van der Waals surface area contributed by atoms with Gasteiger partial charge in [0.1, 0.15) is 5.82 Å². The number of benzene rings is 2. The zero-order chi connectivity index (χ0) is 24.6. The molecular weight excluding hydrogens is 436 g/mol. The molecule has 0 saturated carbocycles. The highest BCUT2D eigenvalue weighted by Gasteiger charge is 2.28. The highest BCUT2D eigenvalue weighted by atomic mass is 35.5. The quantitative estimate of drug-likeness (QED) is 0.330. The van der Waals surface area contributed by atoms with E-state index >= 15 is 0 Å². The molecule has 2 aromatic carbocycles. The molecule has 0 aliphatic rings. The number of hydrogen-bond donors (Lipinski definition) is 0. The summed E-state index contributed by atoms with van der Waals surface area (Å²) < 4.78 is 29.1. The van der Waals surface area contributed by atoms with Crippen LogP contribution in [0.5, 0.6) is 0 Å². The molecule has 0 saturated heterocycles. The van der Waals surface area contributed by atoms with Gasteiger partial charge in [-0.15, -0.1) is 0 Å². The van der Waals surface area contributed by atoms with E-state index in [1.165, 1.54) is 11.8 Å². The molecule has 0 atom stereocenters. The molecule has 4 heteroatoms. The van der Waals surface area contributed by atoms with E-state index in [2.05, 4.69) is 45.7 Å². The number of hydrogen-bond acceptors (Lipinski definition) is 1. The molecule has 0 fully saturated rings. The predicted molar refractivity (Wildman–Crippen MR) is 134 cm³/mol. The molecule has 33 heavy (non-hydrogen) atoms. The first kappa shape index (κ1) is 25.4. The molecule has 0 aliphatic carbocycles. The Hall–Kier alpha value is -2.26. The van der Waals surface area contributed by atoms with Gasteiger partial charge in [-0.3, -0.25) is 0 Å². The number of rotatable bonds is 6. The predicted octanol–water partition coefficient (Wildman–Crippen LogP) is 8.35. The molecule has 3 aromatic rings. The van der Waals surface area contributed by atoms with Gasteiger partial charge in [-0.05, 0) is 81.7 Å². The van der Waals surface area contributed by atoms with Crippen molar-refractivity contribution in [2.45, 2.75) is 77.6 Å². The van der Waals surface area contributed by atoms with Gasteiger partial charge in [0.2, 0.25) is 5.95 Å². The summed E-state index contributed by atoms with van der Waals surface area (Å²) in [5.41, 5.74) is 3.74. The molecule has 0 bridgehead atoms. The lowest BCUT2D eigenvalue weighted by molar-refractivity contribution is 0.462. The van der Waals surface area contributed by atoms with Crippen LogP contribution in [0.4, 0.5) is 8.78 Å². The second-order valence-corrected chi connectivity index (χ2v) is 11.8. The van der Waals surface area contributed by atoms with Crippen molar-refractivity contribution in [3.8, 4) is 0 Å². The van der Waals surface area contributed by atoms with Crippen LogP contribution in [-0.4, -0.2) is 4.98 Å². The smallest absolute Gasteiger partial charge is 0.216 e. The minimum atomic E-state index is -0.526. The van der Waals surface area contributed by atoms with Crippen LogP contribution in [-0.2, 0) is 29.1 Å². The van der Waals surface area contributed by atoms with Crippen LogP contribution in [0.3, 0.4) is 0 Å². The van der Waals surface area contributed by atoms with Crippen LogP contribution in [0.1, 0.15) is 76.3 Å². The minimum absolute atomic E-state index is 0.0109. The topological polar surface area (TPSA) is 12.9 Å². The lowest BCUT2D eigenvalue weighted by atomic mass is 9.75. The summed E-state index contributed by atoms with van der Waals surface area (Å²) in [6, 6.07) is 14.9. The third-order valence-corrected chi connectivity index (χ3v) is 6.56. The van der Waals surface area contributed by atoms with Gasteiger partial charge in [-0.2, -0.15) is 4.39 Å². The molecule has 0 amide bonds. The maximum atomic E-state index is 14.7. The fourth-order valence-electron chi connectivity index (χ4n) is 4.44. The van der Waals surface area contributed by atoms with Crippen molar-refractivity contribution in [3.63, 3.8) is 0 Å². The second-order valence-electron chi connectivity index (χ2n) is 11.4. The summed E-state index contributed by atoms with van der Waals surface area (Å²) in [5, 5.41) is 0.716.